The van der Waals surface area contributed by atoms with Gasteiger partial charge in [-0.25, -0.2) is 4.84 Å². The van der Waals surface area contributed by atoms with Crippen molar-refractivity contribution in [2.45, 2.75) is 24.7 Å². The Labute approximate surface area is 225 Å². The highest BCUT2D eigenvalue weighted by Gasteiger charge is 2.37. The molecule has 1 amide bonds. The second-order valence-corrected chi connectivity index (χ2v) is 9.62. The highest BCUT2D eigenvalue weighted by molar-refractivity contribution is 6.31. The van der Waals surface area contributed by atoms with E-state index in [9.17, 15) is 15.0 Å². The smallest absolute Gasteiger partial charge is 0.257 e. The molecule has 0 bridgehead atoms. The topological polar surface area (TPSA) is 104 Å². The Balaban J connectivity index is 1.25. The fraction of sp³-hybridized carbons (Fsp3) is 0.241. The van der Waals surface area contributed by atoms with E-state index in [1.807, 2.05) is 42.5 Å². The maximum atomic E-state index is 13.3. The van der Waals surface area contributed by atoms with Gasteiger partial charge < -0.3 is 19.8 Å². The van der Waals surface area contributed by atoms with E-state index in [0.717, 1.165) is 5.39 Å². The predicted octanol–water partition coefficient (Wildman–Crippen LogP) is 5.06. The third-order valence-corrected chi connectivity index (χ3v) is 7.23. The first kappa shape index (κ1) is 25.9. The maximum Gasteiger partial charge on any atom is 0.257 e. The summed E-state index contributed by atoms with van der Waals surface area (Å²) in [7, 11) is 1.49. The predicted molar refractivity (Wildman–Crippen MR) is 145 cm³/mol. The van der Waals surface area contributed by atoms with Gasteiger partial charge in [-0.1, -0.05) is 54.1 Å². The van der Waals surface area contributed by atoms with Crippen molar-refractivity contribution in [2.75, 3.05) is 25.7 Å². The van der Waals surface area contributed by atoms with Crippen molar-refractivity contribution >= 4 is 34.1 Å². The first-order chi connectivity index (χ1) is 18.4. The first-order valence-electron chi connectivity index (χ1n) is 12.3. The van der Waals surface area contributed by atoms with Gasteiger partial charge in [0.1, 0.15) is 5.75 Å². The van der Waals surface area contributed by atoms with Gasteiger partial charge in [-0.05, 0) is 37.1 Å². The van der Waals surface area contributed by atoms with Gasteiger partial charge in [-0.15, -0.1) is 0 Å². The Kier molecular flexibility index (Phi) is 7.49. The Bertz CT molecular complexity index is 1450. The molecular weight excluding hydrogens is 506 g/mol. The number of anilines is 1. The summed E-state index contributed by atoms with van der Waals surface area (Å²) in [6.45, 7) is 0.746. The summed E-state index contributed by atoms with van der Waals surface area (Å²) in [4.78, 5) is 24.8. The second kappa shape index (κ2) is 11.0. The summed E-state index contributed by atoms with van der Waals surface area (Å²) in [5, 5.41) is 23.2. The number of para-hydroxylation sites is 1. The maximum absolute atomic E-state index is 13.3. The van der Waals surface area contributed by atoms with E-state index in [2.05, 4.69) is 10.5 Å². The zero-order valence-corrected chi connectivity index (χ0v) is 21.6. The van der Waals surface area contributed by atoms with Gasteiger partial charge >= 0.3 is 0 Å². The van der Waals surface area contributed by atoms with Gasteiger partial charge in [-0.3, -0.25) is 15.3 Å². The van der Waals surface area contributed by atoms with Gasteiger partial charge in [0.05, 0.1) is 29.5 Å². The van der Waals surface area contributed by atoms with Gasteiger partial charge in [0.15, 0.2) is 0 Å². The normalized spacial score (nSPS) is 15.7. The minimum Gasteiger partial charge on any atom is -0.496 e. The summed E-state index contributed by atoms with van der Waals surface area (Å²) in [6.07, 6.45) is 1.14. The molecule has 0 radical (unpaired) electrons. The van der Waals surface area contributed by atoms with Crippen molar-refractivity contribution in [1.82, 2.24) is 9.88 Å². The number of nitrogens with zero attached hydrogens (tertiary/aromatic N) is 2. The van der Waals surface area contributed by atoms with E-state index in [-0.39, 0.29) is 5.91 Å². The van der Waals surface area contributed by atoms with E-state index in [0.29, 0.717) is 64.6 Å². The number of aliphatic hydroxyl groups is 2. The number of aromatic nitrogens is 1. The van der Waals surface area contributed by atoms with E-state index >= 15 is 0 Å². The number of methoxy groups -OCH3 is 1. The van der Waals surface area contributed by atoms with Crippen LogP contribution in [0.25, 0.3) is 10.9 Å². The van der Waals surface area contributed by atoms with Crippen molar-refractivity contribution in [1.29, 1.82) is 0 Å². The third kappa shape index (κ3) is 5.16. The van der Waals surface area contributed by atoms with Gasteiger partial charge in [0, 0.05) is 46.9 Å². The fourth-order valence-corrected chi connectivity index (χ4v) is 5.12. The molecule has 4 aromatic rings. The molecule has 8 nitrogen and oxygen atoms in total. The molecule has 3 N–H and O–H groups in total. The van der Waals surface area contributed by atoms with Crippen LogP contribution in [0, 0.1) is 0 Å². The number of nitrogens with one attached hydrogen (secondary N) is 1. The Morgan fingerprint density at radius 1 is 1.08 bits per heavy atom. The van der Waals surface area contributed by atoms with Gasteiger partial charge in [0.2, 0.25) is 6.29 Å². The molecule has 38 heavy (non-hydrogen) atoms. The molecule has 0 spiro atoms. The Morgan fingerprint density at radius 2 is 1.84 bits per heavy atom. The van der Waals surface area contributed by atoms with Crippen LogP contribution in [0.5, 0.6) is 5.75 Å². The van der Waals surface area contributed by atoms with Crippen LogP contribution in [0.2, 0.25) is 5.02 Å². The quantitative estimate of drug-likeness (QED) is 0.225. The van der Waals surface area contributed by atoms with Gasteiger partial charge in [-0.2, -0.15) is 0 Å². The number of fused-ring (bicyclic) bond motifs is 1. The molecule has 9 heteroatoms. The number of piperidine rings is 1. The SMILES string of the molecule is COc1cc(NOC(O)c2cccc3cccnc23)ccc1C(=O)N1CCC(O)(c2ccccc2Cl)CC1. The van der Waals surface area contributed by atoms with Crippen LogP contribution < -0.4 is 10.2 Å². The summed E-state index contributed by atoms with van der Waals surface area (Å²) in [5.41, 5.74) is 4.39. The van der Waals surface area contributed by atoms with Gasteiger partial charge in [0.25, 0.3) is 5.91 Å². The number of benzene rings is 3. The molecule has 1 unspecified atom stereocenters. The molecule has 1 atom stereocenters. The number of carbonyl (C=O) groups is 1. The lowest BCUT2D eigenvalue weighted by molar-refractivity contribution is -0.0769. The fourth-order valence-electron chi connectivity index (χ4n) is 4.80. The molecule has 1 saturated heterocycles. The largest absolute Gasteiger partial charge is 0.496 e. The highest BCUT2D eigenvalue weighted by atomic mass is 35.5. The molecule has 1 aliphatic heterocycles. The molecule has 3 aromatic carbocycles. The number of ether oxygens (including phenoxy) is 1. The van der Waals surface area contributed by atoms with Crippen LogP contribution in [-0.4, -0.2) is 46.2 Å². The lowest BCUT2D eigenvalue weighted by Gasteiger charge is -2.39. The lowest BCUT2D eigenvalue weighted by Crippen LogP contribution is -2.45. The number of aliphatic hydroxyl groups excluding tert-OH is 1. The molecule has 0 saturated carbocycles. The van der Waals surface area contributed by atoms with Crippen LogP contribution in [0.3, 0.4) is 0 Å². The number of carbonyl (C=O) groups excluding carboxylic acids is 1. The molecule has 1 aromatic heterocycles. The van der Waals surface area contributed by atoms with E-state index in [1.54, 1.807) is 41.4 Å². The van der Waals surface area contributed by atoms with E-state index in [4.69, 9.17) is 21.2 Å². The number of pyridine rings is 1. The summed E-state index contributed by atoms with van der Waals surface area (Å²) >= 11 is 6.31. The molecular formula is C29H28ClN3O5. The van der Waals surface area contributed by atoms with Crippen LogP contribution >= 0.6 is 11.6 Å². The average Bonchev–Trinajstić information content (AvgIpc) is 2.95. The van der Waals surface area contributed by atoms with Crippen molar-refractivity contribution in [3.63, 3.8) is 0 Å². The van der Waals surface area contributed by atoms with Crippen molar-refractivity contribution in [3.05, 3.63) is 101 Å². The number of rotatable bonds is 7. The molecule has 2 heterocycles. The molecule has 0 aliphatic carbocycles. The number of hydrogen-bond acceptors (Lipinski definition) is 7. The number of halogens is 1. The monoisotopic (exact) mass is 533 g/mol. The van der Waals surface area contributed by atoms with Crippen LogP contribution in [0.4, 0.5) is 5.69 Å². The number of hydrogen-bond donors (Lipinski definition) is 3. The summed E-state index contributed by atoms with van der Waals surface area (Å²) in [5.74, 6) is 0.161. The Morgan fingerprint density at radius 3 is 2.61 bits per heavy atom. The van der Waals surface area contributed by atoms with Crippen molar-refractivity contribution in [2.24, 2.45) is 0 Å². The van der Waals surface area contributed by atoms with Crippen molar-refractivity contribution in [3.8, 4) is 5.75 Å². The lowest BCUT2D eigenvalue weighted by atomic mass is 9.84. The first-order valence-corrected chi connectivity index (χ1v) is 12.7. The molecule has 1 fully saturated rings. The standard InChI is InChI=1S/C29H28ClN3O5/c1-37-25-18-20(32-38-28(35)22-8-4-6-19-7-5-15-31-26(19)22)11-12-21(25)27(34)33-16-13-29(36,14-17-33)23-9-2-3-10-24(23)30/h2-12,15,18,28,32,35-36H,13-14,16-17H2,1H3. The minimum absolute atomic E-state index is 0.197. The number of amides is 1. The average molecular weight is 534 g/mol. The zero-order valence-electron chi connectivity index (χ0n) is 20.8. The van der Waals surface area contributed by atoms with E-state index in [1.165, 1.54) is 7.11 Å². The number of likely N-dealkylation sites (tertiary alicyclic amines) is 1. The second-order valence-electron chi connectivity index (χ2n) is 9.21. The molecule has 5 rings (SSSR count). The van der Waals surface area contributed by atoms with Crippen LogP contribution in [-0.2, 0) is 10.4 Å². The molecule has 1 aliphatic rings. The van der Waals surface area contributed by atoms with E-state index < -0.39 is 11.9 Å². The zero-order chi connectivity index (χ0) is 26.7. The molecule has 196 valence electrons. The van der Waals surface area contributed by atoms with Crippen molar-refractivity contribution < 1.29 is 24.6 Å². The van der Waals surface area contributed by atoms with Crippen LogP contribution in [0.1, 0.15) is 40.6 Å². The summed E-state index contributed by atoms with van der Waals surface area (Å²) < 4.78 is 5.49. The summed E-state index contributed by atoms with van der Waals surface area (Å²) in [6, 6.07) is 21.4. The Hall–Kier alpha value is -3.69. The minimum atomic E-state index is -1.27. The van der Waals surface area contributed by atoms with Crippen LogP contribution in [0.15, 0.2) is 79.0 Å². The highest BCUT2D eigenvalue weighted by Crippen LogP contribution is 2.37. The third-order valence-electron chi connectivity index (χ3n) is 6.90.